The first kappa shape index (κ1) is 14.9. The predicted molar refractivity (Wildman–Crippen MR) is 90.9 cm³/mol. The van der Waals surface area contributed by atoms with Gasteiger partial charge in [0.2, 0.25) is 0 Å². The summed E-state index contributed by atoms with van der Waals surface area (Å²) in [4.78, 5) is 23.3. The van der Waals surface area contributed by atoms with Crippen molar-refractivity contribution < 1.29 is 9.21 Å². The van der Waals surface area contributed by atoms with Crippen LogP contribution in [0.25, 0.3) is 11.0 Å². The first-order valence-electron chi connectivity index (χ1n) is 8.27. The molecule has 122 valence electrons. The molecular weight excluding hydrogens is 302 g/mol. The number of aromatic nitrogens is 2. The SMILES string of the molecule is Cc1c(C(=O)N2CCC(c3cnccn3)CC2)oc2ccccc12. The Morgan fingerprint density at radius 2 is 2.00 bits per heavy atom. The van der Waals surface area contributed by atoms with Crippen LogP contribution in [0.15, 0.2) is 47.3 Å². The van der Waals surface area contributed by atoms with Gasteiger partial charge in [-0.05, 0) is 25.8 Å². The molecule has 0 atom stereocenters. The minimum atomic E-state index is -0.0127. The lowest BCUT2D eigenvalue weighted by atomic mass is 9.93. The second-order valence-electron chi connectivity index (χ2n) is 6.25. The zero-order chi connectivity index (χ0) is 16.5. The van der Waals surface area contributed by atoms with Gasteiger partial charge in [0.05, 0.1) is 5.69 Å². The van der Waals surface area contributed by atoms with E-state index in [9.17, 15) is 4.79 Å². The second kappa shape index (κ2) is 6.07. The molecule has 0 aliphatic carbocycles. The number of piperidine rings is 1. The highest BCUT2D eigenvalue weighted by Gasteiger charge is 2.28. The van der Waals surface area contributed by atoms with Gasteiger partial charge in [0, 0.05) is 48.5 Å². The summed E-state index contributed by atoms with van der Waals surface area (Å²) >= 11 is 0. The molecule has 1 aromatic carbocycles. The van der Waals surface area contributed by atoms with E-state index in [0.29, 0.717) is 11.7 Å². The van der Waals surface area contributed by atoms with Crippen LogP contribution in [0.3, 0.4) is 0 Å². The number of amides is 1. The third-order valence-electron chi connectivity index (χ3n) is 4.82. The Kier molecular flexibility index (Phi) is 3.76. The molecule has 0 radical (unpaired) electrons. The number of aryl methyl sites for hydroxylation is 1. The van der Waals surface area contributed by atoms with Crippen molar-refractivity contribution in [3.05, 3.63) is 59.9 Å². The largest absolute Gasteiger partial charge is 0.451 e. The van der Waals surface area contributed by atoms with E-state index in [0.717, 1.165) is 48.2 Å². The van der Waals surface area contributed by atoms with Crippen molar-refractivity contribution in [1.29, 1.82) is 0 Å². The minimum absolute atomic E-state index is 0.0127. The maximum absolute atomic E-state index is 12.8. The highest BCUT2D eigenvalue weighted by molar-refractivity contribution is 5.98. The van der Waals surface area contributed by atoms with Crippen LogP contribution in [0.5, 0.6) is 0 Å². The van der Waals surface area contributed by atoms with Crippen LogP contribution >= 0.6 is 0 Å². The van der Waals surface area contributed by atoms with Crippen LogP contribution in [0.4, 0.5) is 0 Å². The number of carbonyl (C=O) groups is 1. The standard InChI is InChI=1S/C19H19N3O2/c1-13-15-4-2-3-5-17(15)24-18(13)19(23)22-10-6-14(7-11-22)16-12-20-8-9-21-16/h2-5,8-9,12,14H,6-7,10-11H2,1H3. The van der Waals surface area contributed by atoms with E-state index in [2.05, 4.69) is 9.97 Å². The zero-order valence-electron chi connectivity index (χ0n) is 13.6. The van der Waals surface area contributed by atoms with Crippen molar-refractivity contribution in [3.8, 4) is 0 Å². The maximum Gasteiger partial charge on any atom is 0.289 e. The summed E-state index contributed by atoms with van der Waals surface area (Å²) in [5, 5.41) is 1.01. The number of rotatable bonds is 2. The van der Waals surface area contributed by atoms with Crippen LogP contribution in [-0.2, 0) is 0 Å². The van der Waals surface area contributed by atoms with Gasteiger partial charge in [-0.2, -0.15) is 0 Å². The number of furan rings is 1. The number of fused-ring (bicyclic) bond motifs is 1. The molecule has 3 aromatic rings. The minimum Gasteiger partial charge on any atom is -0.451 e. The van der Waals surface area contributed by atoms with E-state index in [1.165, 1.54) is 0 Å². The Morgan fingerprint density at radius 3 is 2.71 bits per heavy atom. The topological polar surface area (TPSA) is 59.2 Å². The van der Waals surface area contributed by atoms with Crippen molar-refractivity contribution in [2.45, 2.75) is 25.7 Å². The number of hydrogen-bond donors (Lipinski definition) is 0. The van der Waals surface area contributed by atoms with Gasteiger partial charge in [0.15, 0.2) is 5.76 Å². The first-order chi connectivity index (χ1) is 11.7. The van der Waals surface area contributed by atoms with Gasteiger partial charge in [-0.15, -0.1) is 0 Å². The first-order valence-corrected chi connectivity index (χ1v) is 8.27. The van der Waals surface area contributed by atoms with E-state index < -0.39 is 0 Å². The molecule has 0 saturated carbocycles. The van der Waals surface area contributed by atoms with Gasteiger partial charge in [-0.25, -0.2) is 0 Å². The normalized spacial score (nSPS) is 15.8. The highest BCUT2D eigenvalue weighted by Crippen LogP contribution is 2.29. The molecule has 2 aromatic heterocycles. The highest BCUT2D eigenvalue weighted by atomic mass is 16.3. The lowest BCUT2D eigenvalue weighted by molar-refractivity contribution is 0.0681. The molecule has 0 N–H and O–H groups in total. The molecule has 5 nitrogen and oxygen atoms in total. The van der Waals surface area contributed by atoms with Crippen molar-refractivity contribution in [2.75, 3.05) is 13.1 Å². The van der Waals surface area contributed by atoms with E-state index in [-0.39, 0.29) is 5.91 Å². The molecule has 1 amide bonds. The fraction of sp³-hybridized carbons (Fsp3) is 0.316. The summed E-state index contributed by atoms with van der Waals surface area (Å²) in [5.41, 5.74) is 2.71. The summed E-state index contributed by atoms with van der Waals surface area (Å²) in [5.74, 6) is 0.829. The Hall–Kier alpha value is -2.69. The molecule has 0 spiro atoms. The molecule has 24 heavy (non-hydrogen) atoms. The zero-order valence-corrected chi connectivity index (χ0v) is 13.6. The number of nitrogens with zero attached hydrogens (tertiary/aromatic N) is 3. The van der Waals surface area contributed by atoms with Crippen LogP contribution < -0.4 is 0 Å². The number of benzene rings is 1. The molecule has 3 heterocycles. The van der Waals surface area contributed by atoms with E-state index in [4.69, 9.17) is 4.42 Å². The summed E-state index contributed by atoms with van der Waals surface area (Å²) in [7, 11) is 0. The number of likely N-dealkylation sites (tertiary alicyclic amines) is 1. The van der Waals surface area contributed by atoms with E-state index in [1.807, 2.05) is 42.3 Å². The number of para-hydroxylation sites is 1. The molecule has 5 heteroatoms. The quantitative estimate of drug-likeness (QED) is 0.724. The smallest absolute Gasteiger partial charge is 0.289 e. The van der Waals surface area contributed by atoms with Crippen molar-refractivity contribution in [3.63, 3.8) is 0 Å². The average Bonchev–Trinajstić information content (AvgIpc) is 2.99. The molecule has 1 aliphatic rings. The van der Waals surface area contributed by atoms with E-state index >= 15 is 0 Å². The summed E-state index contributed by atoms with van der Waals surface area (Å²) in [6.45, 7) is 3.39. The van der Waals surface area contributed by atoms with Gasteiger partial charge in [0.1, 0.15) is 5.58 Å². The van der Waals surface area contributed by atoms with Crippen molar-refractivity contribution in [2.24, 2.45) is 0 Å². The molecule has 0 bridgehead atoms. The Morgan fingerprint density at radius 1 is 1.21 bits per heavy atom. The van der Waals surface area contributed by atoms with Gasteiger partial charge in [-0.3, -0.25) is 14.8 Å². The van der Waals surface area contributed by atoms with Gasteiger partial charge < -0.3 is 9.32 Å². The lowest BCUT2D eigenvalue weighted by Crippen LogP contribution is -2.38. The maximum atomic E-state index is 12.8. The third kappa shape index (κ3) is 2.56. The fourth-order valence-electron chi connectivity index (χ4n) is 3.42. The fourth-order valence-corrected chi connectivity index (χ4v) is 3.42. The summed E-state index contributed by atoms with van der Waals surface area (Å²) in [6, 6.07) is 7.78. The Bertz CT molecular complexity index is 865. The number of carbonyl (C=O) groups excluding carboxylic acids is 1. The van der Waals surface area contributed by atoms with Gasteiger partial charge in [-0.1, -0.05) is 18.2 Å². The summed E-state index contributed by atoms with van der Waals surface area (Å²) in [6.07, 6.45) is 7.05. The molecular formula is C19H19N3O2. The predicted octanol–water partition coefficient (Wildman–Crippen LogP) is 3.55. The summed E-state index contributed by atoms with van der Waals surface area (Å²) < 4.78 is 5.81. The van der Waals surface area contributed by atoms with Crippen molar-refractivity contribution >= 4 is 16.9 Å². The molecule has 1 saturated heterocycles. The molecule has 4 rings (SSSR count). The van der Waals surface area contributed by atoms with Gasteiger partial charge in [0.25, 0.3) is 5.91 Å². The average molecular weight is 321 g/mol. The van der Waals surface area contributed by atoms with Crippen molar-refractivity contribution in [1.82, 2.24) is 14.9 Å². The number of hydrogen-bond acceptors (Lipinski definition) is 4. The Balaban J connectivity index is 1.51. The van der Waals surface area contributed by atoms with Crippen LogP contribution in [0.1, 0.15) is 40.6 Å². The van der Waals surface area contributed by atoms with Crippen LogP contribution in [-0.4, -0.2) is 33.9 Å². The molecule has 1 aliphatic heterocycles. The monoisotopic (exact) mass is 321 g/mol. The third-order valence-corrected chi connectivity index (χ3v) is 4.82. The van der Waals surface area contributed by atoms with Crippen LogP contribution in [0, 0.1) is 6.92 Å². The molecule has 0 unspecified atom stereocenters. The Labute approximate surface area is 140 Å². The lowest BCUT2D eigenvalue weighted by Gasteiger charge is -2.31. The van der Waals surface area contributed by atoms with Crippen LogP contribution in [0.2, 0.25) is 0 Å². The molecule has 1 fully saturated rings. The van der Waals surface area contributed by atoms with Gasteiger partial charge >= 0.3 is 0 Å². The second-order valence-corrected chi connectivity index (χ2v) is 6.25. The van der Waals surface area contributed by atoms with E-state index in [1.54, 1.807) is 12.4 Å².